The highest BCUT2D eigenvalue weighted by atomic mass is 32.2. The van der Waals surface area contributed by atoms with Crippen LogP contribution >= 0.6 is 0 Å². The zero-order valence-electron chi connectivity index (χ0n) is 10.8. The highest BCUT2D eigenvalue weighted by Gasteiger charge is 1.98. The molecule has 0 saturated carbocycles. The number of hydrogen-bond acceptors (Lipinski definition) is 2. The maximum atomic E-state index is 10.8. The molecular weight excluding hydrogens is 222 g/mol. The summed E-state index contributed by atoms with van der Waals surface area (Å²) < 4.78 is 24.0. The Morgan fingerprint density at radius 3 is 1.69 bits per heavy atom. The zero-order valence-corrected chi connectivity index (χ0v) is 11.6. The molecule has 0 heterocycles. The first-order valence-electron chi connectivity index (χ1n) is 6.51. The summed E-state index contributed by atoms with van der Waals surface area (Å²) in [4.78, 5) is 0. The Labute approximate surface area is 101 Å². The van der Waals surface area contributed by atoms with Crippen molar-refractivity contribution in [2.75, 3.05) is 12.8 Å². The van der Waals surface area contributed by atoms with E-state index in [1.165, 1.54) is 51.2 Å². The minimum absolute atomic E-state index is 0.592. The van der Waals surface area contributed by atoms with Crippen LogP contribution in [0.15, 0.2) is 0 Å². The van der Waals surface area contributed by atoms with E-state index in [9.17, 15) is 8.42 Å². The van der Waals surface area contributed by atoms with Crippen molar-refractivity contribution in [3.63, 3.8) is 0 Å². The van der Waals surface area contributed by atoms with E-state index in [2.05, 4.69) is 11.6 Å². The van der Waals surface area contributed by atoms with Crippen molar-refractivity contribution in [2.24, 2.45) is 0 Å². The molecule has 0 aromatic rings. The van der Waals surface area contributed by atoms with E-state index in [0.717, 1.165) is 12.8 Å². The van der Waals surface area contributed by atoms with Crippen molar-refractivity contribution in [2.45, 2.75) is 64.7 Å². The van der Waals surface area contributed by atoms with Crippen LogP contribution in [0.4, 0.5) is 0 Å². The van der Waals surface area contributed by atoms with Gasteiger partial charge in [-0.1, -0.05) is 58.3 Å². The topological polar surface area (TPSA) is 46.2 Å². The quantitative estimate of drug-likeness (QED) is 0.572. The predicted octanol–water partition coefficient (Wildman–Crippen LogP) is 3.07. The third kappa shape index (κ3) is 13.9. The van der Waals surface area contributed by atoms with Gasteiger partial charge in [0.15, 0.2) is 0 Å². The van der Waals surface area contributed by atoms with E-state index >= 15 is 0 Å². The van der Waals surface area contributed by atoms with Crippen LogP contribution in [0.3, 0.4) is 0 Å². The first-order valence-corrected chi connectivity index (χ1v) is 8.40. The first kappa shape index (κ1) is 15.9. The molecule has 0 atom stereocenters. The molecule has 0 spiro atoms. The highest BCUT2D eigenvalue weighted by Crippen LogP contribution is 2.09. The van der Waals surface area contributed by atoms with Crippen molar-refractivity contribution < 1.29 is 8.42 Å². The summed E-state index contributed by atoms with van der Waals surface area (Å²) in [5.41, 5.74) is 0. The van der Waals surface area contributed by atoms with Crippen LogP contribution in [-0.2, 0) is 10.0 Å². The summed E-state index contributed by atoms with van der Waals surface area (Å²) in [7, 11) is -2.98. The maximum Gasteiger partial charge on any atom is 0.208 e. The first-order chi connectivity index (χ1) is 7.56. The Morgan fingerprint density at radius 2 is 1.25 bits per heavy atom. The lowest BCUT2D eigenvalue weighted by Crippen LogP contribution is -2.22. The van der Waals surface area contributed by atoms with E-state index in [-0.39, 0.29) is 0 Å². The Kier molecular flexibility index (Phi) is 10.0. The molecule has 0 amide bonds. The third-order valence-corrected chi connectivity index (χ3v) is 3.37. The van der Waals surface area contributed by atoms with Crippen LogP contribution in [0.5, 0.6) is 0 Å². The second-order valence-corrected chi connectivity index (χ2v) is 6.33. The van der Waals surface area contributed by atoms with E-state index in [0.29, 0.717) is 6.54 Å². The molecule has 4 heteroatoms. The van der Waals surface area contributed by atoms with Gasteiger partial charge in [-0.25, -0.2) is 13.1 Å². The zero-order chi connectivity index (χ0) is 12.3. The van der Waals surface area contributed by atoms with Crippen molar-refractivity contribution in [3.05, 3.63) is 0 Å². The molecule has 0 aliphatic rings. The molecule has 0 aliphatic carbocycles. The van der Waals surface area contributed by atoms with Gasteiger partial charge >= 0.3 is 0 Å². The number of rotatable bonds is 11. The molecule has 0 saturated heterocycles. The summed E-state index contributed by atoms with van der Waals surface area (Å²) in [6, 6.07) is 0. The molecule has 1 N–H and O–H groups in total. The molecule has 0 aliphatic heterocycles. The van der Waals surface area contributed by atoms with E-state index in [1.54, 1.807) is 0 Å². The standard InChI is InChI=1S/C12H27NO2S/c1-3-4-5-6-7-8-9-10-11-12-13-16(2,14)15/h13H,3-12H2,1-2H3. The van der Waals surface area contributed by atoms with E-state index in [4.69, 9.17) is 0 Å². The minimum atomic E-state index is -2.98. The number of hydrogen-bond donors (Lipinski definition) is 1. The Hall–Kier alpha value is -0.0900. The van der Waals surface area contributed by atoms with Gasteiger partial charge in [0.1, 0.15) is 0 Å². The van der Waals surface area contributed by atoms with Gasteiger partial charge in [-0.3, -0.25) is 0 Å². The number of sulfonamides is 1. The van der Waals surface area contributed by atoms with Crippen LogP contribution in [0, 0.1) is 0 Å². The maximum absolute atomic E-state index is 10.8. The Morgan fingerprint density at radius 1 is 0.812 bits per heavy atom. The van der Waals surface area contributed by atoms with Gasteiger partial charge in [-0.05, 0) is 6.42 Å². The smallest absolute Gasteiger partial charge is 0.208 e. The normalized spacial score (nSPS) is 11.9. The second kappa shape index (κ2) is 10.1. The van der Waals surface area contributed by atoms with Crippen LogP contribution in [0.25, 0.3) is 0 Å². The predicted molar refractivity (Wildman–Crippen MR) is 70.1 cm³/mol. The number of unbranched alkanes of at least 4 members (excludes halogenated alkanes) is 8. The van der Waals surface area contributed by atoms with Crippen LogP contribution in [-0.4, -0.2) is 21.2 Å². The lowest BCUT2D eigenvalue weighted by Gasteiger charge is -2.02. The molecule has 0 aromatic heterocycles. The SMILES string of the molecule is CCCCCCCCCCCNS(C)(=O)=O. The van der Waals surface area contributed by atoms with Crippen LogP contribution < -0.4 is 4.72 Å². The molecule has 0 radical (unpaired) electrons. The minimum Gasteiger partial charge on any atom is -0.215 e. The van der Waals surface area contributed by atoms with E-state index in [1.807, 2.05) is 0 Å². The van der Waals surface area contributed by atoms with Gasteiger partial charge in [-0.2, -0.15) is 0 Å². The molecule has 16 heavy (non-hydrogen) atoms. The monoisotopic (exact) mass is 249 g/mol. The average Bonchev–Trinajstić information content (AvgIpc) is 2.19. The fraction of sp³-hybridized carbons (Fsp3) is 1.00. The third-order valence-electron chi connectivity index (χ3n) is 2.64. The summed E-state index contributed by atoms with van der Waals surface area (Å²) >= 11 is 0. The molecule has 0 rings (SSSR count). The Bertz CT molecular complexity index is 237. The second-order valence-electron chi connectivity index (χ2n) is 4.49. The molecule has 0 bridgehead atoms. The largest absolute Gasteiger partial charge is 0.215 e. The molecule has 98 valence electrons. The molecule has 0 fully saturated rings. The van der Waals surface area contributed by atoms with Gasteiger partial charge in [0, 0.05) is 6.54 Å². The summed E-state index contributed by atoms with van der Waals surface area (Å²) in [5, 5.41) is 0. The fourth-order valence-corrected chi connectivity index (χ4v) is 2.21. The van der Waals surface area contributed by atoms with Gasteiger partial charge in [0.05, 0.1) is 6.26 Å². The molecule has 0 unspecified atom stereocenters. The summed E-state index contributed by atoms with van der Waals surface area (Å²) in [6.07, 6.45) is 12.6. The summed E-state index contributed by atoms with van der Waals surface area (Å²) in [6.45, 7) is 2.82. The van der Waals surface area contributed by atoms with Crippen molar-refractivity contribution in [1.29, 1.82) is 0 Å². The molecular formula is C12H27NO2S. The van der Waals surface area contributed by atoms with Crippen molar-refractivity contribution in [3.8, 4) is 0 Å². The van der Waals surface area contributed by atoms with Crippen LogP contribution in [0.2, 0.25) is 0 Å². The van der Waals surface area contributed by atoms with Gasteiger partial charge in [0.25, 0.3) is 0 Å². The van der Waals surface area contributed by atoms with Crippen molar-refractivity contribution in [1.82, 2.24) is 4.72 Å². The number of nitrogens with one attached hydrogen (secondary N) is 1. The van der Waals surface area contributed by atoms with Gasteiger partial charge < -0.3 is 0 Å². The van der Waals surface area contributed by atoms with Gasteiger partial charge in [-0.15, -0.1) is 0 Å². The highest BCUT2D eigenvalue weighted by molar-refractivity contribution is 7.88. The van der Waals surface area contributed by atoms with Gasteiger partial charge in [0.2, 0.25) is 10.0 Å². The lowest BCUT2D eigenvalue weighted by atomic mass is 10.1. The van der Waals surface area contributed by atoms with Crippen molar-refractivity contribution >= 4 is 10.0 Å². The fourth-order valence-electron chi connectivity index (χ4n) is 1.69. The van der Waals surface area contributed by atoms with E-state index < -0.39 is 10.0 Å². The summed E-state index contributed by atoms with van der Waals surface area (Å²) in [5.74, 6) is 0. The van der Waals surface area contributed by atoms with Crippen LogP contribution in [0.1, 0.15) is 64.7 Å². The lowest BCUT2D eigenvalue weighted by molar-refractivity contribution is 0.556. The average molecular weight is 249 g/mol. The molecule has 0 aromatic carbocycles. The molecule has 3 nitrogen and oxygen atoms in total. The Balaban J connectivity index is 3.05.